The minimum absolute atomic E-state index is 0.0364. The third-order valence-corrected chi connectivity index (χ3v) is 5.38. The lowest BCUT2D eigenvalue weighted by Crippen LogP contribution is -2.27. The second-order valence-electron chi connectivity index (χ2n) is 6.49. The van der Waals surface area contributed by atoms with Crippen LogP contribution in [0.3, 0.4) is 0 Å². The molecule has 0 aliphatic carbocycles. The summed E-state index contributed by atoms with van der Waals surface area (Å²) in [6.07, 6.45) is 0.915. The van der Waals surface area contributed by atoms with Crippen molar-refractivity contribution < 1.29 is 4.79 Å². The van der Waals surface area contributed by atoms with E-state index in [1.54, 1.807) is 30.2 Å². The van der Waals surface area contributed by atoms with Crippen LogP contribution in [0.25, 0.3) is 10.6 Å². The lowest BCUT2D eigenvalue weighted by Gasteiger charge is -2.16. The van der Waals surface area contributed by atoms with E-state index in [0.717, 1.165) is 27.5 Å². The monoisotopic (exact) mass is 382 g/mol. The molecule has 0 saturated carbocycles. The molecule has 0 radical (unpaired) electrons. The molecule has 1 N–H and O–H groups in total. The highest BCUT2D eigenvalue weighted by molar-refractivity contribution is 7.13. The van der Waals surface area contributed by atoms with Gasteiger partial charge in [-0.2, -0.15) is 4.98 Å². The second-order valence-corrected chi connectivity index (χ2v) is 7.35. The highest BCUT2D eigenvalue weighted by Crippen LogP contribution is 2.23. The van der Waals surface area contributed by atoms with Gasteiger partial charge in [-0.15, -0.1) is 11.3 Å². The average Bonchev–Trinajstić information content (AvgIpc) is 3.09. The normalized spacial score (nSPS) is 10.8. The highest BCUT2D eigenvalue weighted by Gasteiger charge is 2.14. The molecule has 2 heterocycles. The Morgan fingerprint density at radius 2 is 1.93 bits per heavy atom. The zero-order valence-electron chi connectivity index (χ0n) is 15.7. The molecule has 7 heteroatoms. The van der Waals surface area contributed by atoms with E-state index in [1.807, 2.05) is 42.6 Å². The standard InChI is InChI=1S/C20H22N4O2S/c1-13-17(14(2)22-20(26)21-13)9-10-18(25)24(3)11-16-12-27-19(23-16)15-7-5-4-6-8-15/h4-8,12H,9-11H2,1-3H3,(H,21,22,26). The fourth-order valence-corrected chi connectivity index (χ4v) is 3.79. The van der Waals surface area contributed by atoms with Crippen LogP contribution < -0.4 is 5.69 Å². The van der Waals surface area contributed by atoms with Gasteiger partial charge in [-0.1, -0.05) is 30.3 Å². The average molecular weight is 382 g/mol. The first-order chi connectivity index (χ1) is 12.9. The molecule has 2 aromatic heterocycles. The van der Waals surface area contributed by atoms with Gasteiger partial charge in [0.25, 0.3) is 0 Å². The van der Waals surface area contributed by atoms with Gasteiger partial charge < -0.3 is 9.88 Å². The van der Waals surface area contributed by atoms with Gasteiger partial charge in [0.05, 0.1) is 12.2 Å². The van der Waals surface area contributed by atoms with Crippen molar-refractivity contribution >= 4 is 17.2 Å². The molecule has 0 saturated heterocycles. The summed E-state index contributed by atoms with van der Waals surface area (Å²) in [5.41, 5.74) is 3.99. The number of rotatable bonds is 6. The minimum atomic E-state index is -0.352. The number of aryl methyl sites for hydroxylation is 2. The fraction of sp³-hybridized carbons (Fsp3) is 0.300. The van der Waals surface area contributed by atoms with Crippen LogP contribution in [0.4, 0.5) is 0 Å². The molecule has 1 aromatic carbocycles. The van der Waals surface area contributed by atoms with Crippen molar-refractivity contribution in [2.45, 2.75) is 33.2 Å². The number of amides is 1. The van der Waals surface area contributed by atoms with Crippen LogP contribution in [0.5, 0.6) is 0 Å². The number of carbonyl (C=O) groups excluding carboxylic acids is 1. The summed E-state index contributed by atoms with van der Waals surface area (Å²) in [6, 6.07) is 10.0. The number of nitrogens with one attached hydrogen (secondary N) is 1. The maximum Gasteiger partial charge on any atom is 0.345 e. The third kappa shape index (κ3) is 4.68. The number of H-pyrrole nitrogens is 1. The number of aromatic nitrogens is 3. The molecule has 3 aromatic rings. The summed E-state index contributed by atoms with van der Waals surface area (Å²) in [6.45, 7) is 4.11. The van der Waals surface area contributed by atoms with E-state index in [-0.39, 0.29) is 11.6 Å². The molecule has 0 spiro atoms. The van der Waals surface area contributed by atoms with E-state index >= 15 is 0 Å². The predicted octanol–water partition coefficient (Wildman–Crippen LogP) is 3.10. The summed E-state index contributed by atoms with van der Waals surface area (Å²) in [5.74, 6) is 0.0364. The topological polar surface area (TPSA) is 79.0 Å². The molecule has 140 valence electrons. The Labute approximate surface area is 161 Å². The predicted molar refractivity (Wildman–Crippen MR) is 107 cm³/mol. The second kappa shape index (κ2) is 8.26. The molecule has 0 unspecified atom stereocenters. The molecular formula is C20H22N4O2S. The summed E-state index contributed by atoms with van der Waals surface area (Å²) in [4.78, 5) is 36.8. The summed E-state index contributed by atoms with van der Waals surface area (Å²) < 4.78 is 0. The minimum Gasteiger partial charge on any atom is -0.340 e. The highest BCUT2D eigenvalue weighted by atomic mass is 32.1. The van der Waals surface area contributed by atoms with Gasteiger partial charge in [-0.05, 0) is 25.8 Å². The number of nitrogens with zero attached hydrogens (tertiary/aromatic N) is 3. The van der Waals surface area contributed by atoms with Gasteiger partial charge in [0, 0.05) is 35.8 Å². The van der Waals surface area contributed by atoms with Crippen molar-refractivity contribution in [3.05, 3.63) is 68.8 Å². The molecule has 6 nitrogen and oxygen atoms in total. The molecule has 0 bridgehead atoms. The van der Waals surface area contributed by atoms with Crippen molar-refractivity contribution in [1.82, 2.24) is 19.9 Å². The van der Waals surface area contributed by atoms with E-state index in [0.29, 0.717) is 25.1 Å². The van der Waals surface area contributed by atoms with E-state index in [2.05, 4.69) is 15.0 Å². The van der Waals surface area contributed by atoms with E-state index in [1.165, 1.54) is 0 Å². The summed E-state index contributed by atoms with van der Waals surface area (Å²) in [5, 5.41) is 2.95. The van der Waals surface area contributed by atoms with E-state index in [9.17, 15) is 9.59 Å². The van der Waals surface area contributed by atoms with Gasteiger partial charge >= 0.3 is 5.69 Å². The van der Waals surface area contributed by atoms with Crippen LogP contribution in [-0.4, -0.2) is 32.8 Å². The molecule has 0 fully saturated rings. The van der Waals surface area contributed by atoms with Crippen LogP contribution in [0.2, 0.25) is 0 Å². The van der Waals surface area contributed by atoms with Gasteiger partial charge in [0.15, 0.2) is 0 Å². The molecule has 3 rings (SSSR count). The van der Waals surface area contributed by atoms with E-state index < -0.39 is 0 Å². The van der Waals surface area contributed by atoms with Crippen molar-refractivity contribution in [2.24, 2.45) is 0 Å². The van der Waals surface area contributed by atoms with Crippen molar-refractivity contribution in [1.29, 1.82) is 0 Å². The number of benzene rings is 1. The molecule has 0 aliphatic heterocycles. The van der Waals surface area contributed by atoms with Crippen LogP contribution >= 0.6 is 11.3 Å². The Hall–Kier alpha value is -2.80. The molecular weight excluding hydrogens is 360 g/mol. The molecule has 27 heavy (non-hydrogen) atoms. The summed E-state index contributed by atoms with van der Waals surface area (Å²) >= 11 is 1.58. The largest absolute Gasteiger partial charge is 0.345 e. The van der Waals surface area contributed by atoms with Crippen LogP contribution in [0.15, 0.2) is 40.5 Å². The molecule has 0 atom stereocenters. The number of thiazole rings is 1. The quantitative estimate of drug-likeness (QED) is 0.710. The van der Waals surface area contributed by atoms with Crippen molar-refractivity contribution in [2.75, 3.05) is 7.05 Å². The zero-order valence-corrected chi connectivity index (χ0v) is 16.5. The fourth-order valence-electron chi connectivity index (χ4n) is 2.97. The van der Waals surface area contributed by atoms with Crippen LogP contribution in [0, 0.1) is 13.8 Å². The van der Waals surface area contributed by atoms with Gasteiger partial charge in [-0.3, -0.25) is 4.79 Å². The van der Waals surface area contributed by atoms with Gasteiger partial charge in [0.1, 0.15) is 5.01 Å². The number of hydrogen-bond donors (Lipinski definition) is 1. The lowest BCUT2D eigenvalue weighted by molar-refractivity contribution is -0.130. The van der Waals surface area contributed by atoms with Crippen molar-refractivity contribution in [3.8, 4) is 10.6 Å². The van der Waals surface area contributed by atoms with Crippen LogP contribution in [-0.2, 0) is 17.8 Å². The molecule has 0 aliphatic rings. The number of carbonyl (C=O) groups is 1. The Morgan fingerprint density at radius 1 is 1.19 bits per heavy atom. The first-order valence-electron chi connectivity index (χ1n) is 8.74. The molecule has 1 amide bonds. The van der Waals surface area contributed by atoms with E-state index in [4.69, 9.17) is 0 Å². The number of aromatic amines is 1. The SMILES string of the molecule is Cc1nc(=O)[nH]c(C)c1CCC(=O)N(C)Cc1csc(-c2ccccc2)n1. The third-order valence-electron chi connectivity index (χ3n) is 4.44. The zero-order chi connectivity index (χ0) is 19.4. The smallest absolute Gasteiger partial charge is 0.340 e. The Bertz CT molecular complexity index is 968. The Kier molecular flexibility index (Phi) is 5.81. The Balaban J connectivity index is 1.60. The summed E-state index contributed by atoms with van der Waals surface area (Å²) in [7, 11) is 1.79. The van der Waals surface area contributed by atoms with Crippen molar-refractivity contribution in [3.63, 3.8) is 0 Å². The maximum atomic E-state index is 12.5. The first kappa shape index (κ1) is 19.0. The lowest BCUT2D eigenvalue weighted by atomic mass is 10.1. The first-order valence-corrected chi connectivity index (χ1v) is 9.62. The van der Waals surface area contributed by atoms with Gasteiger partial charge in [0.2, 0.25) is 5.91 Å². The maximum absolute atomic E-state index is 12.5. The Morgan fingerprint density at radius 3 is 2.63 bits per heavy atom. The van der Waals surface area contributed by atoms with Gasteiger partial charge in [-0.25, -0.2) is 9.78 Å². The van der Waals surface area contributed by atoms with Crippen LogP contribution in [0.1, 0.15) is 29.1 Å². The number of hydrogen-bond acceptors (Lipinski definition) is 5.